The average molecular weight is 247 g/mol. The van der Waals surface area contributed by atoms with Crippen molar-refractivity contribution < 1.29 is 9.53 Å². The number of hydrogen-bond acceptors (Lipinski definition) is 2. The van der Waals surface area contributed by atoms with Crippen LogP contribution in [0.2, 0.25) is 5.02 Å². The summed E-state index contributed by atoms with van der Waals surface area (Å²) in [5.74, 6) is 0.436. The molecular weight excluding hydrogens is 235 g/mol. The van der Waals surface area contributed by atoms with E-state index in [2.05, 4.69) is 0 Å². The van der Waals surface area contributed by atoms with E-state index < -0.39 is 0 Å². The lowest BCUT2D eigenvalue weighted by molar-refractivity contribution is 0.102. The van der Waals surface area contributed by atoms with E-state index in [0.29, 0.717) is 22.9 Å². The van der Waals surface area contributed by atoms with Crippen molar-refractivity contribution in [2.75, 3.05) is 12.5 Å². The zero-order valence-electron chi connectivity index (χ0n) is 8.43. The highest BCUT2D eigenvalue weighted by Crippen LogP contribution is 2.23. The number of halogens is 2. The third-order valence-corrected chi connectivity index (χ3v) is 2.39. The van der Waals surface area contributed by atoms with Crippen LogP contribution in [0.15, 0.2) is 18.2 Å². The van der Waals surface area contributed by atoms with Gasteiger partial charge in [-0.1, -0.05) is 18.5 Å². The molecule has 82 valence electrons. The van der Waals surface area contributed by atoms with Crippen molar-refractivity contribution in [3.05, 3.63) is 28.8 Å². The monoisotopic (exact) mass is 246 g/mol. The lowest BCUT2D eigenvalue weighted by atomic mass is 10.1. The van der Waals surface area contributed by atoms with Gasteiger partial charge in [0.2, 0.25) is 0 Å². The number of Topliss-reactive ketones (excluding diaryl/α,β-unsaturated/α-hetero) is 1. The van der Waals surface area contributed by atoms with Gasteiger partial charge in [0.1, 0.15) is 5.75 Å². The maximum absolute atomic E-state index is 11.3. The van der Waals surface area contributed by atoms with E-state index in [4.69, 9.17) is 27.9 Å². The van der Waals surface area contributed by atoms with Crippen molar-refractivity contribution in [1.29, 1.82) is 0 Å². The largest absolute Gasteiger partial charge is 0.494 e. The minimum absolute atomic E-state index is 0.0606. The van der Waals surface area contributed by atoms with Crippen LogP contribution in [0.3, 0.4) is 0 Å². The fourth-order valence-electron chi connectivity index (χ4n) is 1.10. The Hall–Kier alpha value is -0.730. The van der Waals surface area contributed by atoms with E-state index in [0.717, 1.165) is 6.42 Å². The summed E-state index contributed by atoms with van der Waals surface area (Å²) in [6.07, 6.45) is 0.931. The Kier molecular flexibility index (Phi) is 4.92. The molecule has 0 amide bonds. The van der Waals surface area contributed by atoms with Crippen molar-refractivity contribution in [1.82, 2.24) is 0 Å². The highest BCUT2D eigenvalue weighted by atomic mass is 35.5. The molecule has 0 aromatic heterocycles. The first kappa shape index (κ1) is 12.3. The fraction of sp³-hybridized carbons (Fsp3) is 0.364. The maximum Gasteiger partial charge on any atom is 0.179 e. The molecule has 0 saturated carbocycles. The van der Waals surface area contributed by atoms with Crippen molar-refractivity contribution in [2.24, 2.45) is 0 Å². The summed E-state index contributed by atoms with van der Waals surface area (Å²) >= 11 is 11.4. The number of ether oxygens (including phenoxy) is 1. The second kappa shape index (κ2) is 5.99. The minimum Gasteiger partial charge on any atom is -0.494 e. The van der Waals surface area contributed by atoms with Crippen LogP contribution in [0, 0.1) is 0 Å². The van der Waals surface area contributed by atoms with Gasteiger partial charge in [-0.2, -0.15) is 0 Å². The molecule has 2 nitrogen and oxygen atoms in total. The van der Waals surface area contributed by atoms with Gasteiger partial charge in [0.25, 0.3) is 0 Å². The second-order valence-electron chi connectivity index (χ2n) is 3.05. The highest BCUT2D eigenvalue weighted by molar-refractivity contribution is 6.37. The molecule has 0 spiro atoms. The molecule has 0 aliphatic carbocycles. The summed E-state index contributed by atoms with van der Waals surface area (Å²) in [7, 11) is 0. The molecular formula is C11H12Cl2O2. The molecule has 1 aromatic carbocycles. The molecule has 0 fully saturated rings. The van der Waals surface area contributed by atoms with E-state index >= 15 is 0 Å². The normalized spacial score (nSPS) is 10.1. The quantitative estimate of drug-likeness (QED) is 0.587. The number of ketones is 1. The van der Waals surface area contributed by atoms with Gasteiger partial charge >= 0.3 is 0 Å². The van der Waals surface area contributed by atoms with Crippen molar-refractivity contribution in [2.45, 2.75) is 13.3 Å². The first-order valence-corrected chi connectivity index (χ1v) is 5.61. The van der Waals surface area contributed by atoms with Crippen LogP contribution in [0.4, 0.5) is 0 Å². The average Bonchev–Trinajstić information content (AvgIpc) is 2.25. The summed E-state index contributed by atoms with van der Waals surface area (Å²) in [5, 5.41) is 0.384. The van der Waals surface area contributed by atoms with Gasteiger partial charge in [-0.05, 0) is 24.6 Å². The number of alkyl halides is 1. The highest BCUT2D eigenvalue weighted by Gasteiger charge is 2.09. The first-order chi connectivity index (χ1) is 7.19. The third kappa shape index (κ3) is 3.40. The van der Waals surface area contributed by atoms with E-state index in [1.54, 1.807) is 18.2 Å². The van der Waals surface area contributed by atoms with Gasteiger partial charge in [-0.15, -0.1) is 11.6 Å². The number of carbonyl (C=O) groups is 1. The Morgan fingerprint density at radius 1 is 1.47 bits per heavy atom. The van der Waals surface area contributed by atoms with Gasteiger partial charge < -0.3 is 4.74 Å². The van der Waals surface area contributed by atoms with Crippen LogP contribution >= 0.6 is 23.2 Å². The lowest BCUT2D eigenvalue weighted by Gasteiger charge is -2.06. The van der Waals surface area contributed by atoms with Gasteiger partial charge in [0, 0.05) is 5.56 Å². The second-order valence-corrected chi connectivity index (χ2v) is 3.72. The third-order valence-electron chi connectivity index (χ3n) is 1.84. The molecule has 0 unspecified atom stereocenters. The van der Waals surface area contributed by atoms with Crippen LogP contribution in [-0.2, 0) is 0 Å². The Bertz CT molecular complexity index is 350. The van der Waals surface area contributed by atoms with Crippen LogP contribution in [0.1, 0.15) is 23.7 Å². The van der Waals surface area contributed by atoms with Gasteiger partial charge in [-0.3, -0.25) is 4.79 Å². The van der Waals surface area contributed by atoms with Gasteiger partial charge in [-0.25, -0.2) is 0 Å². The summed E-state index contributed by atoms with van der Waals surface area (Å²) < 4.78 is 5.38. The molecule has 1 rings (SSSR count). The van der Waals surface area contributed by atoms with E-state index in [1.165, 1.54) is 0 Å². The Morgan fingerprint density at radius 3 is 2.73 bits per heavy atom. The smallest absolute Gasteiger partial charge is 0.179 e. The molecule has 1 aromatic rings. The minimum atomic E-state index is -0.177. The topological polar surface area (TPSA) is 26.3 Å². The molecule has 0 saturated heterocycles. The predicted molar refractivity (Wildman–Crippen MR) is 62.3 cm³/mol. The summed E-state index contributed by atoms with van der Waals surface area (Å²) in [5.41, 5.74) is 0.440. The summed E-state index contributed by atoms with van der Waals surface area (Å²) in [4.78, 5) is 11.3. The molecule has 0 aliphatic heterocycles. The molecule has 4 heteroatoms. The van der Waals surface area contributed by atoms with Crippen molar-refractivity contribution in [3.63, 3.8) is 0 Å². The van der Waals surface area contributed by atoms with Gasteiger partial charge in [0.15, 0.2) is 5.78 Å². The molecule has 0 atom stereocenters. The Balaban J connectivity index is 2.83. The number of carbonyl (C=O) groups excluding carboxylic acids is 1. The Morgan fingerprint density at radius 2 is 2.20 bits per heavy atom. The summed E-state index contributed by atoms with van der Waals surface area (Å²) in [6, 6.07) is 5.00. The molecule has 0 radical (unpaired) electrons. The SMILES string of the molecule is CCCOc1ccc(C(=O)CCl)c(Cl)c1. The molecule has 0 heterocycles. The van der Waals surface area contributed by atoms with E-state index in [9.17, 15) is 4.79 Å². The molecule has 15 heavy (non-hydrogen) atoms. The summed E-state index contributed by atoms with van der Waals surface area (Å²) in [6.45, 7) is 2.66. The molecule has 0 bridgehead atoms. The van der Waals surface area contributed by atoms with Crippen LogP contribution in [0.5, 0.6) is 5.75 Å². The van der Waals surface area contributed by atoms with Crippen molar-refractivity contribution in [3.8, 4) is 5.75 Å². The number of hydrogen-bond donors (Lipinski definition) is 0. The Labute approximate surface area is 99.1 Å². The zero-order chi connectivity index (χ0) is 11.3. The lowest BCUT2D eigenvalue weighted by Crippen LogP contribution is -2.02. The predicted octanol–water partition coefficient (Wildman–Crippen LogP) is 3.55. The number of benzene rings is 1. The van der Waals surface area contributed by atoms with Crippen molar-refractivity contribution >= 4 is 29.0 Å². The van der Waals surface area contributed by atoms with Crippen LogP contribution in [-0.4, -0.2) is 18.3 Å². The maximum atomic E-state index is 11.3. The van der Waals surface area contributed by atoms with Crippen LogP contribution < -0.4 is 4.74 Å². The zero-order valence-corrected chi connectivity index (χ0v) is 9.94. The van der Waals surface area contributed by atoms with Gasteiger partial charge in [0.05, 0.1) is 17.5 Å². The number of rotatable bonds is 5. The first-order valence-electron chi connectivity index (χ1n) is 4.70. The molecule has 0 N–H and O–H groups in total. The molecule has 0 aliphatic rings. The van der Waals surface area contributed by atoms with E-state index in [-0.39, 0.29) is 11.7 Å². The van der Waals surface area contributed by atoms with Crippen LogP contribution in [0.25, 0.3) is 0 Å². The van der Waals surface area contributed by atoms with E-state index in [1.807, 2.05) is 6.92 Å². The standard InChI is InChI=1S/C11H12Cl2O2/c1-2-5-15-8-3-4-9(10(13)6-8)11(14)7-12/h3-4,6H,2,5,7H2,1H3. The fourth-order valence-corrected chi connectivity index (χ4v) is 1.52.